The minimum atomic E-state index is -0.169. The zero-order valence-electron chi connectivity index (χ0n) is 30.3. The maximum Gasteiger partial charge on any atom is 0.298 e. The van der Waals surface area contributed by atoms with Crippen molar-refractivity contribution in [2.45, 2.75) is 0 Å². The highest BCUT2D eigenvalue weighted by Crippen LogP contribution is 2.53. The molecule has 266 valence electrons. The second-order valence-electron chi connectivity index (χ2n) is 14.8. The molecule has 0 radical (unpaired) electrons. The molecule has 2 aliphatic rings. The molecule has 0 saturated carbocycles. The fourth-order valence-corrected chi connectivity index (χ4v) is 10.8. The zero-order valence-corrected chi connectivity index (χ0v) is 31.2. The molecule has 5 nitrogen and oxygen atoms in total. The lowest BCUT2D eigenvalue weighted by Crippen LogP contribution is -2.60. The minimum Gasteiger partial charge on any atom is -0.468 e. The van der Waals surface area contributed by atoms with Gasteiger partial charge in [0, 0.05) is 43.4 Å². The highest BCUT2D eigenvalue weighted by Gasteiger charge is 2.49. The van der Waals surface area contributed by atoms with E-state index in [2.05, 4.69) is 161 Å². The molecule has 0 spiro atoms. The molecule has 4 aromatic heterocycles. The Morgan fingerprint density at radius 3 is 1.72 bits per heavy atom. The van der Waals surface area contributed by atoms with Gasteiger partial charge in [0.15, 0.2) is 0 Å². The lowest BCUT2D eigenvalue weighted by Gasteiger charge is -2.42. The maximum absolute atomic E-state index is 7.17. The number of nitrogens with zero attached hydrogens (tertiary/aromatic N) is 2. The lowest BCUT2D eigenvalue weighted by atomic mass is 9.35. The van der Waals surface area contributed by atoms with Crippen molar-refractivity contribution in [3.8, 4) is 22.3 Å². The van der Waals surface area contributed by atoms with Crippen LogP contribution < -0.4 is 26.4 Å². The van der Waals surface area contributed by atoms with E-state index < -0.39 is 0 Å². The fourth-order valence-electron chi connectivity index (χ4n) is 9.51. The number of rotatable bonds is 4. The van der Waals surface area contributed by atoms with E-state index in [0.29, 0.717) is 0 Å². The van der Waals surface area contributed by atoms with E-state index in [1.54, 1.807) is 12.5 Å². The second-order valence-corrected chi connectivity index (χ2v) is 15.8. The molecule has 0 aliphatic carbocycles. The summed E-state index contributed by atoms with van der Waals surface area (Å²) in [6.07, 6.45) is 3.58. The third-order valence-corrected chi connectivity index (χ3v) is 13.0. The van der Waals surface area contributed by atoms with Gasteiger partial charge < -0.3 is 23.1 Å². The van der Waals surface area contributed by atoms with Crippen LogP contribution in [0.25, 0.3) is 65.2 Å². The number of furan rings is 3. The van der Waals surface area contributed by atoms with E-state index in [1.807, 2.05) is 23.5 Å². The van der Waals surface area contributed by atoms with Gasteiger partial charge in [-0.1, -0.05) is 97.1 Å². The minimum absolute atomic E-state index is 0.169. The summed E-state index contributed by atoms with van der Waals surface area (Å²) < 4.78 is 21.1. The molecule has 0 amide bonds. The highest BCUT2D eigenvalue weighted by atomic mass is 32.1. The van der Waals surface area contributed by atoms with E-state index >= 15 is 0 Å². The van der Waals surface area contributed by atoms with Crippen LogP contribution in [-0.2, 0) is 0 Å². The van der Waals surface area contributed by atoms with Gasteiger partial charge in [0.2, 0.25) is 0 Å². The molecule has 57 heavy (non-hydrogen) atoms. The van der Waals surface area contributed by atoms with Gasteiger partial charge in [0.25, 0.3) is 6.71 Å². The normalized spacial score (nSPS) is 13.2. The van der Waals surface area contributed by atoms with Crippen LogP contribution in [-0.4, -0.2) is 6.71 Å². The Morgan fingerprint density at radius 1 is 0.456 bits per heavy atom. The number of anilines is 6. The van der Waals surface area contributed by atoms with Crippen LogP contribution >= 0.6 is 11.3 Å². The number of para-hydroxylation sites is 1. The molecule has 0 atom stereocenters. The van der Waals surface area contributed by atoms with Gasteiger partial charge in [0.1, 0.15) is 16.7 Å². The van der Waals surface area contributed by atoms with Crippen molar-refractivity contribution in [2.75, 3.05) is 9.80 Å². The summed E-state index contributed by atoms with van der Waals surface area (Å²) in [7, 11) is 0. The van der Waals surface area contributed by atoms with Crippen LogP contribution in [0.5, 0.6) is 0 Å². The smallest absolute Gasteiger partial charge is 0.298 e. The molecule has 2 aliphatic heterocycles. The number of hydrogen-bond acceptors (Lipinski definition) is 6. The Kier molecular flexibility index (Phi) is 6.34. The predicted molar refractivity (Wildman–Crippen MR) is 236 cm³/mol. The number of benzene rings is 7. The molecular formula is C50H29BN2O3S. The topological polar surface area (TPSA) is 45.9 Å². The Bertz CT molecular complexity index is 3400. The third kappa shape index (κ3) is 4.24. The maximum atomic E-state index is 7.17. The highest BCUT2D eigenvalue weighted by molar-refractivity contribution is 7.26. The first-order valence-electron chi connectivity index (χ1n) is 19.2. The molecular weight excluding hydrogens is 719 g/mol. The van der Waals surface area contributed by atoms with Crippen LogP contribution in [0.2, 0.25) is 0 Å². The standard InChI is InChI=1S/C50H29BN2O3S/c1-3-12-30(13-4-1)42-36(24-22-32-26-28-54-47(32)42)52-38-18-11-19-39-45(38)51(49-46(52)34-16-7-9-20-40(34)56-49)44-35-17-8-10-21-41(35)57-50(44)53(39)37-25-23-33-27-29-55-48(33)43(37)31-14-5-2-6-15-31/h1-29H. The van der Waals surface area contributed by atoms with E-state index in [9.17, 15) is 0 Å². The zero-order chi connectivity index (χ0) is 37.2. The number of hydrogen-bond donors (Lipinski definition) is 0. The Morgan fingerprint density at radius 2 is 1.04 bits per heavy atom. The first kappa shape index (κ1) is 31.0. The molecule has 11 aromatic rings. The van der Waals surface area contributed by atoms with E-state index in [0.717, 1.165) is 89.3 Å². The Hall–Kier alpha value is -7.22. The van der Waals surface area contributed by atoms with Gasteiger partial charge in [-0.25, -0.2) is 0 Å². The van der Waals surface area contributed by atoms with Crippen molar-refractivity contribution in [3.05, 3.63) is 176 Å². The van der Waals surface area contributed by atoms with Gasteiger partial charge in [-0.05, 0) is 94.2 Å². The van der Waals surface area contributed by atoms with Crippen molar-refractivity contribution >= 4 is 111 Å². The SMILES string of the molecule is c1ccc(-c2c(N3c4cccc5c4B(c4oc6ccccc6c4N5c4ccc5ccoc5c4-c4ccccc4)c4c3sc3ccccc43)ccc3ccoc23)cc1. The van der Waals surface area contributed by atoms with E-state index in [4.69, 9.17) is 13.3 Å². The average molecular weight is 749 g/mol. The summed E-state index contributed by atoms with van der Waals surface area (Å²) in [6, 6.07) is 58.2. The quantitative estimate of drug-likeness (QED) is 0.168. The first-order chi connectivity index (χ1) is 28.3. The molecule has 0 N–H and O–H groups in total. The predicted octanol–water partition coefficient (Wildman–Crippen LogP) is 12.6. The Labute approximate surface area is 331 Å². The van der Waals surface area contributed by atoms with E-state index in [-0.39, 0.29) is 6.71 Å². The van der Waals surface area contributed by atoms with Crippen LogP contribution in [0, 0.1) is 0 Å². The summed E-state index contributed by atoms with van der Waals surface area (Å²) in [5.41, 5.74) is 15.6. The van der Waals surface area contributed by atoms with Crippen molar-refractivity contribution in [3.63, 3.8) is 0 Å². The van der Waals surface area contributed by atoms with Crippen LogP contribution in [0.3, 0.4) is 0 Å². The summed E-state index contributed by atoms with van der Waals surface area (Å²) in [4.78, 5) is 4.92. The fraction of sp³-hybridized carbons (Fsp3) is 0. The van der Waals surface area contributed by atoms with Crippen molar-refractivity contribution in [2.24, 2.45) is 0 Å². The molecule has 0 saturated heterocycles. The van der Waals surface area contributed by atoms with Crippen molar-refractivity contribution in [1.29, 1.82) is 0 Å². The molecule has 0 bridgehead atoms. The first-order valence-corrected chi connectivity index (χ1v) is 20.0. The summed E-state index contributed by atoms with van der Waals surface area (Å²) >= 11 is 1.84. The number of thiophene rings is 1. The van der Waals surface area contributed by atoms with Gasteiger partial charge in [0.05, 0.1) is 40.2 Å². The summed E-state index contributed by atoms with van der Waals surface area (Å²) in [5.74, 6) is 0. The molecule has 0 unspecified atom stereocenters. The molecule has 0 fully saturated rings. The largest absolute Gasteiger partial charge is 0.468 e. The van der Waals surface area contributed by atoms with Gasteiger partial charge >= 0.3 is 0 Å². The molecule has 7 aromatic carbocycles. The average Bonchev–Trinajstić information content (AvgIpc) is 4.09. The molecule has 13 rings (SSSR count). The third-order valence-electron chi connectivity index (χ3n) is 11.8. The summed E-state index contributed by atoms with van der Waals surface area (Å²) in [6.45, 7) is -0.169. The van der Waals surface area contributed by atoms with Crippen molar-refractivity contribution in [1.82, 2.24) is 0 Å². The van der Waals surface area contributed by atoms with Gasteiger partial charge in [-0.15, -0.1) is 11.3 Å². The van der Waals surface area contributed by atoms with Gasteiger partial charge in [-0.2, -0.15) is 0 Å². The van der Waals surface area contributed by atoms with Gasteiger partial charge in [-0.3, -0.25) is 0 Å². The summed E-state index contributed by atoms with van der Waals surface area (Å²) in [5, 5.41) is 5.60. The molecule has 6 heterocycles. The lowest BCUT2D eigenvalue weighted by molar-refractivity contribution is 0.616. The van der Waals surface area contributed by atoms with Crippen molar-refractivity contribution < 1.29 is 13.3 Å². The number of fused-ring (bicyclic) bond motifs is 10. The molecule has 7 heteroatoms. The second kappa shape index (κ2) is 11.6. The van der Waals surface area contributed by atoms with E-state index in [1.165, 1.54) is 26.0 Å². The monoisotopic (exact) mass is 748 g/mol. The van der Waals surface area contributed by atoms with Crippen LogP contribution in [0.1, 0.15) is 0 Å². The van der Waals surface area contributed by atoms with Crippen LogP contribution in [0.15, 0.2) is 190 Å². The Balaban J connectivity index is 1.18. The van der Waals surface area contributed by atoms with Crippen LogP contribution in [0.4, 0.5) is 33.4 Å².